The second-order valence-electron chi connectivity index (χ2n) is 6.98. The van der Waals surface area contributed by atoms with Crippen LogP contribution >= 0.6 is 0 Å². The Hall–Kier alpha value is -2.90. The summed E-state index contributed by atoms with van der Waals surface area (Å²) in [6, 6.07) is 10.2. The topological polar surface area (TPSA) is 59.3 Å². The molecule has 1 amide bonds. The van der Waals surface area contributed by atoms with E-state index < -0.39 is 17.8 Å². The van der Waals surface area contributed by atoms with Crippen molar-refractivity contribution in [1.29, 1.82) is 0 Å². The predicted octanol–water partition coefficient (Wildman–Crippen LogP) is 4.51. The number of fused-ring (bicyclic) bond motifs is 1. The SMILES string of the molecule is CCC(NC(=O)c1cnn2c(C(F)(F)F)cc(C3CC3)nc12)c1ccccc1. The molecule has 2 heterocycles. The zero-order valence-electron chi connectivity index (χ0n) is 15.2. The summed E-state index contributed by atoms with van der Waals surface area (Å²) in [6.07, 6.45) is -1.17. The van der Waals surface area contributed by atoms with Gasteiger partial charge in [0.15, 0.2) is 5.65 Å². The number of carbonyl (C=O) groups is 1. The van der Waals surface area contributed by atoms with Gasteiger partial charge in [-0.15, -0.1) is 0 Å². The van der Waals surface area contributed by atoms with Gasteiger partial charge in [-0.3, -0.25) is 4.79 Å². The van der Waals surface area contributed by atoms with E-state index in [0.29, 0.717) is 16.6 Å². The number of rotatable bonds is 5. The van der Waals surface area contributed by atoms with Crippen LogP contribution in [0, 0.1) is 0 Å². The molecular formula is C20H19F3N4O. The number of benzene rings is 1. The van der Waals surface area contributed by atoms with Crippen molar-refractivity contribution in [3.63, 3.8) is 0 Å². The first-order chi connectivity index (χ1) is 13.4. The number of amides is 1. The first-order valence-electron chi connectivity index (χ1n) is 9.20. The Labute approximate surface area is 159 Å². The van der Waals surface area contributed by atoms with Gasteiger partial charge >= 0.3 is 6.18 Å². The molecule has 1 fully saturated rings. The molecule has 1 unspecified atom stereocenters. The second kappa shape index (κ2) is 6.92. The number of alkyl halides is 3. The van der Waals surface area contributed by atoms with Gasteiger partial charge in [0.25, 0.3) is 5.91 Å². The molecule has 4 rings (SSSR count). The maximum Gasteiger partial charge on any atom is 0.433 e. The lowest BCUT2D eigenvalue weighted by atomic mass is 10.0. The monoisotopic (exact) mass is 388 g/mol. The standard InChI is InChI=1S/C20H19F3N4O/c1-2-15(12-6-4-3-5-7-12)26-19(28)14-11-24-27-17(20(21,22)23)10-16(13-8-9-13)25-18(14)27/h3-7,10-11,13,15H,2,8-9H2,1H3,(H,26,28). The summed E-state index contributed by atoms with van der Waals surface area (Å²) in [5, 5.41) is 6.69. The molecular weight excluding hydrogens is 369 g/mol. The number of nitrogens with zero attached hydrogens (tertiary/aromatic N) is 3. The Kier molecular flexibility index (Phi) is 4.56. The number of halogens is 3. The van der Waals surface area contributed by atoms with Crippen LogP contribution in [-0.2, 0) is 6.18 Å². The summed E-state index contributed by atoms with van der Waals surface area (Å²) in [4.78, 5) is 17.2. The van der Waals surface area contributed by atoms with Crippen molar-refractivity contribution in [3.8, 4) is 0 Å². The van der Waals surface area contributed by atoms with Crippen molar-refractivity contribution in [2.24, 2.45) is 0 Å². The van der Waals surface area contributed by atoms with E-state index in [1.54, 1.807) is 0 Å². The minimum absolute atomic E-state index is 0.0182. The van der Waals surface area contributed by atoms with Crippen LogP contribution in [0.3, 0.4) is 0 Å². The van der Waals surface area contributed by atoms with Crippen LogP contribution in [0.2, 0.25) is 0 Å². The molecule has 1 N–H and O–H groups in total. The van der Waals surface area contributed by atoms with E-state index in [2.05, 4.69) is 15.4 Å². The molecule has 2 aromatic heterocycles. The predicted molar refractivity (Wildman–Crippen MR) is 96.9 cm³/mol. The van der Waals surface area contributed by atoms with Gasteiger partial charge in [0.1, 0.15) is 11.3 Å². The summed E-state index contributed by atoms with van der Waals surface area (Å²) >= 11 is 0. The molecule has 1 aliphatic carbocycles. The highest BCUT2D eigenvalue weighted by Gasteiger charge is 2.38. The van der Waals surface area contributed by atoms with Crippen LogP contribution in [0.25, 0.3) is 5.65 Å². The Morgan fingerprint density at radius 1 is 1.29 bits per heavy atom. The van der Waals surface area contributed by atoms with E-state index in [4.69, 9.17) is 0 Å². The maximum atomic E-state index is 13.5. The maximum absolute atomic E-state index is 13.5. The van der Waals surface area contributed by atoms with Crippen LogP contribution in [-0.4, -0.2) is 20.5 Å². The minimum atomic E-state index is -4.58. The van der Waals surface area contributed by atoms with Crippen molar-refractivity contribution in [2.45, 2.75) is 44.3 Å². The van der Waals surface area contributed by atoms with E-state index in [9.17, 15) is 18.0 Å². The fourth-order valence-electron chi connectivity index (χ4n) is 3.27. The van der Waals surface area contributed by atoms with Gasteiger partial charge in [-0.1, -0.05) is 37.3 Å². The molecule has 0 aliphatic heterocycles. The first kappa shape index (κ1) is 18.5. The molecule has 5 nitrogen and oxygen atoms in total. The molecule has 1 saturated carbocycles. The summed E-state index contributed by atoms with van der Waals surface area (Å²) in [5.41, 5.74) is 0.370. The van der Waals surface area contributed by atoms with E-state index in [1.807, 2.05) is 37.3 Å². The lowest BCUT2D eigenvalue weighted by Crippen LogP contribution is -2.28. The lowest BCUT2D eigenvalue weighted by Gasteiger charge is -2.17. The van der Waals surface area contributed by atoms with Crippen LogP contribution in [0.1, 0.15) is 65.5 Å². The average molecular weight is 388 g/mol. The molecule has 1 atom stereocenters. The highest BCUT2D eigenvalue weighted by Crippen LogP contribution is 2.41. The van der Waals surface area contributed by atoms with Crippen LogP contribution in [0.15, 0.2) is 42.6 Å². The highest BCUT2D eigenvalue weighted by atomic mass is 19.4. The third kappa shape index (κ3) is 3.46. The van der Waals surface area contributed by atoms with E-state index in [-0.39, 0.29) is 23.2 Å². The molecule has 1 aromatic carbocycles. The average Bonchev–Trinajstić information content (AvgIpc) is 3.44. The van der Waals surface area contributed by atoms with Crippen molar-refractivity contribution in [1.82, 2.24) is 19.9 Å². The van der Waals surface area contributed by atoms with Crippen LogP contribution < -0.4 is 5.32 Å². The fraction of sp³-hybridized carbons (Fsp3) is 0.350. The van der Waals surface area contributed by atoms with Crippen LogP contribution in [0.4, 0.5) is 13.2 Å². The first-order valence-corrected chi connectivity index (χ1v) is 9.20. The molecule has 0 bridgehead atoms. The van der Waals surface area contributed by atoms with E-state index in [1.165, 1.54) is 0 Å². The van der Waals surface area contributed by atoms with Crippen LogP contribution in [0.5, 0.6) is 0 Å². The Morgan fingerprint density at radius 3 is 2.61 bits per heavy atom. The minimum Gasteiger partial charge on any atom is -0.345 e. The third-order valence-electron chi connectivity index (χ3n) is 4.94. The lowest BCUT2D eigenvalue weighted by molar-refractivity contribution is -0.142. The highest BCUT2D eigenvalue weighted by molar-refractivity contribution is 5.99. The smallest absolute Gasteiger partial charge is 0.345 e. The molecule has 8 heteroatoms. The summed E-state index contributed by atoms with van der Waals surface area (Å²) in [6.45, 7) is 1.93. The van der Waals surface area contributed by atoms with Crippen molar-refractivity contribution in [2.75, 3.05) is 0 Å². The molecule has 146 valence electrons. The normalized spacial score (nSPS) is 15.6. The summed E-state index contributed by atoms with van der Waals surface area (Å²) in [5.74, 6) is -0.469. The van der Waals surface area contributed by atoms with Crippen molar-refractivity contribution in [3.05, 3.63) is 65.1 Å². The van der Waals surface area contributed by atoms with Crippen molar-refractivity contribution < 1.29 is 18.0 Å². The van der Waals surface area contributed by atoms with E-state index >= 15 is 0 Å². The van der Waals surface area contributed by atoms with Gasteiger partial charge in [0, 0.05) is 11.6 Å². The Morgan fingerprint density at radius 2 is 2.00 bits per heavy atom. The molecule has 0 saturated heterocycles. The third-order valence-corrected chi connectivity index (χ3v) is 4.94. The van der Waals surface area contributed by atoms with Gasteiger partial charge < -0.3 is 5.32 Å². The number of carbonyl (C=O) groups excluding carboxylic acids is 1. The Bertz CT molecular complexity index is 1010. The molecule has 0 radical (unpaired) electrons. The molecule has 1 aliphatic rings. The quantitative estimate of drug-likeness (QED) is 0.700. The van der Waals surface area contributed by atoms with Gasteiger partial charge in [0.2, 0.25) is 0 Å². The zero-order chi connectivity index (χ0) is 19.9. The number of aromatic nitrogens is 3. The van der Waals surface area contributed by atoms with Crippen molar-refractivity contribution >= 4 is 11.6 Å². The fourth-order valence-corrected chi connectivity index (χ4v) is 3.27. The number of nitrogens with one attached hydrogen (secondary N) is 1. The Balaban J connectivity index is 1.72. The summed E-state index contributed by atoms with van der Waals surface area (Å²) in [7, 11) is 0. The number of hydrogen-bond donors (Lipinski definition) is 1. The molecule has 0 spiro atoms. The van der Waals surface area contributed by atoms with E-state index in [0.717, 1.165) is 30.7 Å². The van der Waals surface area contributed by atoms with Gasteiger partial charge in [0.05, 0.1) is 12.2 Å². The van der Waals surface area contributed by atoms with Gasteiger partial charge in [-0.25, -0.2) is 9.50 Å². The summed E-state index contributed by atoms with van der Waals surface area (Å²) < 4.78 is 41.2. The molecule has 28 heavy (non-hydrogen) atoms. The largest absolute Gasteiger partial charge is 0.433 e. The van der Waals surface area contributed by atoms with Gasteiger partial charge in [-0.05, 0) is 30.9 Å². The second-order valence-corrected chi connectivity index (χ2v) is 6.98. The number of hydrogen-bond acceptors (Lipinski definition) is 3. The molecule has 3 aromatic rings. The van der Waals surface area contributed by atoms with Gasteiger partial charge in [-0.2, -0.15) is 18.3 Å². The zero-order valence-corrected chi connectivity index (χ0v) is 15.2.